The summed E-state index contributed by atoms with van der Waals surface area (Å²) in [4.78, 5) is 22.9. The van der Waals surface area contributed by atoms with Crippen LogP contribution in [0.15, 0.2) is 11.4 Å². The topological polar surface area (TPSA) is 52.6 Å². The first-order valence-electron chi connectivity index (χ1n) is 6.39. The fourth-order valence-electron chi connectivity index (χ4n) is 1.59. The maximum absolute atomic E-state index is 11.4. The predicted molar refractivity (Wildman–Crippen MR) is 70.1 cm³/mol. The molecule has 1 aromatic heterocycles. The number of esters is 2. The van der Waals surface area contributed by atoms with E-state index < -0.39 is 0 Å². The van der Waals surface area contributed by atoms with Crippen molar-refractivity contribution in [2.24, 2.45) is 11.8 Å². The fraction of sp³-hybridized carbons (Fsp3) is 0.429. The lowest BCUT2D eigenvalue weighted by Crippen LogP contribution is -2.20. The Bertz CT molecular complexity index is 555. The Morgan fingerprint density at radius 2 is 1.63 bits per heavy atom. The van der Waals surface area contributed by atoms with Gasteiger partial charge in [0.15, 0.2) is 0 Å². The molecule has 1 aromatic rings. The molecule has 0 aliphatic heterocycles. The van der Waals surface area contributed by atoms with Crippen molar-refractivity contribution in [1.82, 2.24) is 0 Å². The molecule has 2 fully saturated rings. The lowest BCUT2D eigenvalue weighted by Gasteiger charge is -1.95. The molecule has 0 spiro atoms. The van der Waals surface area contributed by atoms with Gasteiger partial charge in [-0.25, -0.2) is 0 Å². The van der Waals surface area contributed by atoms with Crippen LogP contribution in [0.3, 0.4) is 0 Å². The average molecular weight is 278 g/mol. The second-order valence-electron chi connectivity index (χ2n) is 4.90. The zero-order chi connectivity index (χ0) is 13.2. The molecule has 1 heterocycles. The van der Waals surface area contributed by atoms with Crippen molar-refractivity contribution in [1.29, 1.82) is 0 Å². The zero-order valence-electron chi connectivity index (χ0n) is 10.3. The smallest absolute Gasteiger partial charge is 0.313 e. The number of hydrogen-bond acceptors (Lipinski definition) is 5. The van der Waals surface area contributed by atoms with Crippen LogP contribution in [-0.2, 0) is 19.1 Å². The Labute approximate surface area is 114 Å². The van der Waals surface area contributed by atoms with Crippen molar-refractivity contribution in [3.8, 4) is 0 Å². The maximum Gasteiger partial charge on any atom is 0.313 e. The zero-order valence-corrected chi connectivity index (χ0v) is 11.2. The Balaban J connectivity index is 1.69. The van der Waals surface area contributed by atoms with E-state index in [0.717, 1.165) is 35.4 Å². The molecule has 19 heavy (non-hydrogen) atoms. The largest absolute Gasteiger partial charge is 0.434 e. The summed E-state index contributed by atoms with van der Waals surface area (Å²) in [5.74, 6) is -0.187. The summed E-state index contributed by atoms with van der Waals surface area (Å²) in [7, 11) is 0. The van der Waals surface area contributed by atoms with Crippen LogP contribution >= 0.6 is 11.3 Å². The van der Waals surface area contributed by atoms with Crippen LogP contribution in [0, 0.1) is 11.8 Å². The minimum atomic E-state index is -0.174. The summed E-state index contributed by atoms with van der Waals surface area (Å²) in [5.41, 5.74) is 0. The number of thiophene rings is 1. The summed E-state index contributed by atoms with van der Waals surface area (Å²) in [6.45, 7) is 0. The van der Waals surface area contributed by atoms with E-state index >= 15 is 0 Å². The van der Waals surface area contributed by atoms with Crippen LogP contribution in [0.1, 0.15) is 25.7 Å². The van der Waals surface area contributed by atoms with Crippen molar-refractivity contribution in [2.75, 3.05) is 0 Å². The summed E-state index contributed by atoms with van der Waals surface area (Å²) < 4.78 is 11.0. The molecule has 0 atom stereocenters. The van der Waals surface area contributed by atoms with Crippen LogP contribution in [-0.4, -0.2) is 11.9 Å². The number of rotatable bonds is 4. The van der Waals surface area contributed by atoms with Gasteiger partial charge in [-0.2, -0.15) is 0 Å². The van der Waals surface area contributed by atoms with E-state index in [1.54, 1.807) is 0 Å². The van der Waals surface area contributed by atoms with Crippen LogP contribution in [0.4, 0.5) is 0 Å². The van der Waals surface area contributed by atoms with Gasteiger partial charge in [0.05, 0.1) is 16.4 Å². The predicted octanol–water partition coefficient (Wildman–Crippen LogP) is 1.13. The Hall–Kier alpha value is -1.62. The molecule has 0 unspecified atom stereocenters. The monoisotopic (exact) mass is 278 g/mol. The second kappa shape index (κ2) is 5.17. The van der Waals surface area contributed by atoms with Gasteiger partial charge in [0.1, 0.15) is 12.5 Å². The van der Waals surface area contributed by atoms with E-state index in [9.17, 15) is 9.59 Å². The van der Waals surface area contributed by atoms with Crippen molar-refractivity contribution >= 4 is 35.8 Å². The molecule has 0 radical (unpaired) electrons. The minimum absolute atomic E-state index is 0.0787. The van der Waals surface area contributed by atoms with Gasteiger partial charge in [0.25, 0.3) is 0 Å². The molecule has 0 amide bonds. The van der Waals surface area contributed by atoms with Gasteiger partial charge in [0, 0.05) is 5.22 Å². The van der Waals surface area contributed by atoms with E-state index in [1.165, 1.54) is 23.9 Å². The molecular weight excluding hydrogens is 264 g/mol. The van der Waals surface area contributed by atoms with Crippen molar-refractivity contribution in [3.63, 3.8) is 0 Å². The van der Waals surface area contributed by atoms with Gasteiger partial charge in [-0.15, -0.1) is 11.3 Å². The first kappa shape index (κ1) is 12.4. The number of ether oxygens (including phenoxy) is 2. The quantitative estimate of drug-likeness (QED) is 0.775. The molecule has 0 saturated heterocycles. The third-order valence-corrected chi connectivity index (χ3v) is 3.99. The fourth-order valence-corrected chi connectivity index (χ4v) is 2.30. The van der Waals surface area contributed by atoms with Crippen LogP contribution in [0.5, 0.6) is 0 Å². The highest BCUT2D eigenvalue weighted by Gasteiger charge is 2.31. The molecule has 0 N–H and O–H groups in total. The number of carbonyl (C=O) groups excluding carboxylic acids is 2. The van der Waals surface area contributed by atoms with E-state index in [1.807, 2.05) is 11.4 Å². The molecular formula is C14H14O4S. The Morgan fingerprint density at radius 1 is 1.05 bits per heavy atom. The van der Waals surface area contributed by atoms with Crippen molar-refractivity contribution < 1.29 is 19.1 Å². The first-order chi connectivity index (χ1) is 9.24. The average Bonchev–Trinajstić information content (AvgIpc) is 3.29. The molecule has 0 bridgehead atoms. The van der Waals surface area contributed by atoms with E-state index in [2.05, 4.69) is 0 Å². The van der Waals surface area contributed by atoms with Crippen LogP contribution < -0.4 is 9.75 Å². The lowest BCUT2D eigenvalue weighted by molar-refractivity contribution is -0.138. The van der Waals surface area contributed by atoms with Gasteiger partial charge in [-0.05, 0) is 37.1 Å². The SMILES string of the molecule is O=C(O/C=c1/ccs/c1=C\OC(=O)C1CC1)C1CC1. The van der Waals surface area contributed by atoms with Gasteiger partial charge >= 0.3 is 11.9 Å². The van der Waals surface area contributed by atoms with Gasteiger partial charge in [0.2, 0.25) is 0 Å². The number of hydrogen-bond donors (Lipinski definition) is 0. The third kappa shape index (κ3) is 3.23. The van der Waals surface area contributed by atoms with Gasteiger partial charge in [-0.1, -0.05) is 0 Å². The summed E-state index contributed by atoms with van der Waals surface area (Å²) in [6, 6.07) is 1.83. The minimum Gasteiger partial charge on any atom is -0.434 e. The third-order valence-electron chi connectivity index (χ3n) is 3.13. The highest BCUT2D eigenvalue weighted by Crippen LogP contribution is 2.30. The Kier molecular flexibility index (Phi) is 3.38. The van der Waals surface area contributed by atoms with E-state index in [0.29, 0.717) is 0 Å². The summed E-state index contributed by atoms with van der Waals surface area (Å²) in [6.07, 6.45) is 6.59. The molecule has 0 aromatic carbocycles. The number of carbonyl (C=O) groups is 2. The molecule has 2 aliphatic carbocycles. The highest BCUT2D eigenvalue weighted by molar-refractivity contribution is 7.07. The van der Waals surface area contributed by atoms with Crippen LogP contribution in [0.2, 0.25) is 0 Å². The normalized spacial score (nSPS) is 20.4. The molecule has 5 heteroatoms. The van der Waals surface area contributed by atoms with Crippen LogP contribution in [0.25, 0.3) is 12.5 Å². The lowest BCUT2D eigenvalue weighted by atomic mass is 10.4. The second-order valence-corrected chi connectivity index (χ2v) is 5.85. The van der Waals surface area contributed by atoms with Crippen molar-refractivity contribution in [3.05, 3.63) is 21.2 Å². The summed E-state index contributed by atoms with van der Waals surface area (Å²) >= 11 is 1.44. The maximum atomic E-state index is 11.4. The summed E-state index contributed by atoms with van der Waals surface area (Å²) in [5, 5.41) is 2.63. The van der Waals surface area contributed by atoms with Crippen molar-refractivity contribution in [2.45, 2.75) is 25.7 Å². The molecule has 3 rings (SSSR count). The van der Waals surface area contributed by atoms with Gasteiger partial charge < -0.3 is 9.47 Å². The molecule has 100 valence electrons. The molecule has 4 nitrogen and oxygen atoms in total. The van der Waals surface area contributed by atoms with E-state index in [-0.39, 0.29) is 23.8 Å². The van der Waals surface area contributed by atoms with Gasteiger partial charge in [-0.3, -0.25) is 9.59 Å². The molecule has 2 saturated carbocycles. The standard InChI is InChI=1S/C14H14O4S/c15-13(9-1-2-9)17-7-11-5-6-19-12(11)8-18-14(16)10-3-4-10/h5-10H,1-4H2/b11-7-,12-8-. The first-order valence-corrected chi connectivity index (χ1v) is 7.27. The molecule has 2 aliphatic rings. The van der Waals surface area contributed by atoms with E-state index in [4.69, 9.17) is 9.47 Å². The highest BCUT2D eigenvalue weighted by atomic mass is 32.1. The Morgan fingerprint density at radius 3 is 2.21 bits per heavy atom.